The van der Waals surface area contributed by atoms with Gasteiger partial charge in [-0.1, -0.05) is 18.2 Å². The minimum Gasteiger partial charge on any atom is -0.392 e. The van der Waals surface area contributed by atoms with Crippen molar-refractivity contribution in [2.45, 2.75) is 31.7 Å². The molecule has 0 spiro atoms. The van der Waals surface area contributed by atoms with Crippen molar-refractivity contribution in [3.05, 3.63) is 64.7 Å². The van der Waals surface area contributed by atoms with Crippen molar-refractivity contribution in [3.63, 3.8) is 0 Å². The molecule has 162 valence electrons. The molecule has 1 amide bonds. The number of hydrogen-bond donors (Lipinski definition) is 3. The molecule has 1 fully saturated rings. The average Bonchev–Trinajstić information content (AvgIpc) is 3.46. The highest BCUT2D eigenvalue weighted by atomic mass is 32.2. The lowest BCUT2D eigenvalue weighted by molar-refractivity contribution is -0.137. The molecule has 3 rings (SSSR count). The Bertz CT molecular complexity index is 1040. The second-order valence-corrected chi connectivity index (χ2v) is 9.06. The fraction of sp³-hybridized carbons (Fsp3) is 0.350. The van der Waals surface area contributed by atoms with Gasteiger partial charge in [0, 0.05) is 18.0 Å². The minimum atomic E-state index is -4.39. The first kappa shape index (κ1) is 22.1. The summed E-state index contributed by atoms with van der Waals surface area (Å²) in [5, 5.41) is 12.2. The van der Waals surface area contributed by atoms with Crippen LogP contribution in [0.15, 0.2) is 42.5 Å². The maximum atomic E-state index is 12.6. The van der Waals surface area contributed by atoms with E-state index in [0.717, 1.165) is 18.4 Å². The van der Waals surface area contributed by atoms with Gasteiger partial charge in [-0.05, 0) is 47.7 Å². The lowest BCUT2D eigenvalue weighted by Crippen LogP contribution is -2.25. The Morgan fingerprint density at radius 3 is 2.40 bits per heavy atom. The molecule has 6 nitrogen and oxygen atoms in total. The van der Waals surface area contributed by atoms with Gasteiger partial charge in [-0.25, -0.2) is 8.42 Å². The number of alkyl halides is 3. The molecular formula is C20H21F3N2O4S. The largest absolute Gasteiger partial charge is 0.416 e. The Labute approximate surface area is 172 Å². The van der Waals surface area contributed by atoms with Crippen LogP contribution < -0.4 is 10.0 Å². The summed E-state index contributed by atoms with van der Waals surface area (Å²) >= 11 is 0. The maximum absolute atomic E-state index is 12.6. The number of benzene rings is 2. The van der Waals surface area contributed by atoms with E-state index in [1.54, 1.807) is 12.1 Å². The van der Waals surface area contributed by atoms with Crippen LogP contribution >= 0.6 is 0 Å². The predicted molar refractivity (Wildman–Crippen MR) is 105 cm³/mol. The second kappa shape index (κ2) is 8.27. The summed E-state index contributed by atoms with van der Waals surface area (Å²) in [6, 6.07) is 9.58. The molecule has 2 aromatic rings. The summed E-state index contributed by atoms with van der Waals surface area (Å²) in [5.41, 5.74) is 1.29. The number of aliphatic hydroxyl groups excluding tert-OH is 1. The zero-order valence-corrected chi connectivity index (χ0v) is 16.8. The monoisotopic (exact) mass is 442 g/mol. The van der Waals surface area contributed by atoms with E-state index in [1.165, 1.54) is 18.2 Å². The number of hydrogen-bond acceptors (Lipinski definition) is 4. The van der Waals surface area contributed by atoms with Gasteiger partial charge in [-0.2, -0.15) is 13.2 Å². The normalized spacial score (nSPS) is 18.7. The Hall–Kier alpha value is -2.59. The molecule has 1 aliphatic rings. The third kappa shape index (κ3) is 5.51. The zero-order valence-electron chi connectivity index (χ0n) is 16.0. The van der Waals surface area contributed by atoms with Crippen LogP contribution in [-0.4, -0.2) is 25.7 Å². The fourth-order valence-corrected chi connectivity index (χ4v) is 3.88. The molecule has 2 aromatic carbocycles. The Morgan fingerprint density at radius 1 is 1.17 bits per heavy atom. The predicted octanol–water partition coefficient (Wildman–Crippen LogP) is 2.99. The average molecular weight is 442 g/mol. The van der Waals surface area contributed by atoms with Crippen LogP contribution in [0.25, 0.3) is 0 Å². The molecule has 0 saturated heterocycles. The van der Waals surface area contributed by atoms with E-state index in [-0.39, 0.29) is 36.6 Å². The van der Waals surface area contributed by atoms with Crippen molar-refractivity contribution in [1.82, 2.24) is 5.32 Å². The number of halogens is 3. The van der Waals surface area contributed by atoms with E-state index in [2.05, 4.69) is 10.0 Å². The summed E-state index contributed by atoms with van der Waals surface area (Å²) in [6.45, 7) is -0.195. The molecule has 1 aliphatic carbocycles. The first-order valence-electron chi connectivity index (χ1n) is 9.13. The van der Waals surface area contributed by atoms with Gasteiger partial charge in [-0.3, -0.25) is 9.52 Å². The van der Waals surface area contributed by atoms with Gasteiger partial charge >= 0.3 is 6.18 Å². The molecule has 0 heterocycles. The van der Waals surface area contributed by atoms with E-state index in [0.29, 0.717) is 23.1 Å². The van der Waals surface area contributed by atoms with Crippen LogP contribution in [0.2, 0.25) is 0 Å². The van der Waals surface area contributed by atoms with Gasteiger partial charge in [0.15, 0.2) is 0 Å². The Morgan fingerprint density at radius 2 is 1.83 bits per heavy atom. The van der Waals surface area contributed by atoms with E-state index >= 15 is 0 Å². The van der Waals surface area contributed by atoms with Crippen LogP contribution in [-0.2, 0) is 34.1 Å². The molecule has 2 unspecified atom stereocenters. The van der Waals surface area contributed by atoms with Crippen LogP contribution in [0.1, 0.15) is 34.6 Å². The van der Waals surface area contributed by atoms with Crippen molar-refractivity contribution in [1.29, 1.82) is 0 Å². The van der Waals surface area contributed by atoms with Crippen molar-refractivity contribution in [2.75, 3.05) is 11.0 Å². The summed E-state index contributed by atoms with van der Waals surface area (Å²) in [4.78, 5) is 12.4. The van der Waals surface area contributed by atoms with E-state index < -0.39 is 21.8 Å². The third-order valence-corrected chi connectivity index (χ3v) is 5.49. The summed E-state index contributed by atoms with van der Waals surface area (Å²) in [7, 11) is -3.49. The van der Waals surface area contributed by atoms with Crippen LogP contribution in [0.4, 0.5) is 18.9 Å². The van der Waals surface area contributed by atoms with Gasteiger partial charge in [-0.15, -0.1) is 0 Å². The fourth-order valence-electron chi connectivity index (χ4n) is 3.28. The topological polar surface area (TPSA) is 95.5 Å². The number of amides is 1. The zero-order chi connectivity index (χ0) is 22.1. The van der Waals surface area contributed by atoms with E-state index in [4.69, 9.17) is 0 Å². The SMILES string of the molecule is CS(=O)(=O)Nc1ccc(CNC(=O)C2CC2c2ccc(C(F)(F)F)cc2)cc1CO. The molecule has 10 heteroatoms. The Balaban J connectivity index is 1.58. The number of rotatable bonds is 7. The molecule has 0 radical (unpaired) electrons. The first-order valence-corrected chi connectivity index (χ1v) is 11.0. The molecule has 2 atom stereocenters. The molecule has 3 N–H and O–H groups in total. The standard InChI is InChI=1S/C20H21F3N2O4S/c1-30(28,29)25-18-7-2-12(8-14(18)11-26)10-24-19(27)17-9-16(17)13-3-5-15(6-4-13)20(21,22)23/h2-8,16-17,25-26H,9-11H2,1H3,(H,24,27). The number of sulfonamides is 1. The van der Waals surface area contributed by atoms with Crippen molar-refractivity contribution in [3.8, 4) is 0 Å². The van der Waals surface area contributed by atoms with Crippen LogP contribution in [0.5, 0.6) is 0 Å². The molecule has 0 aromatic heterocycles. The summed E-state index contributed by atoms with van der Waals surface area (Å²) in [5.74, 6) is -0.615. The van der Waals surface area contributed by atoms with Crippen molar-refractivity contribution >= 4 is 21.6 Å². The van der Waals surface area contributed by atoms with Crippen LogP contribution in [0, 0.1) is 5.92 Å². The van der Waals surface area contributed by atoms with Crippen molar-refractivity contribution < 1.29 is 31.5 Å². The molecule has 1 saturated carbocycles. The molecule has 0 bridgehead atoms. The molecular weight excluding hydrogens is 421 g/mol. The van der Waals surface area contributed by atoms with Gasteiger partial charge in [0.25, 0.3) is 0 Å². The first-order chi connectivity index (χ1) is 14.0. The van der Waals surface area contributed by atoms with Crippen LogP contribution in [0.3, 0.4) is 0 Å². The summed E-state index contributed by atoms with van der Waals surface area (Å²) < 4.78 is 63.0. The smallest absolute Gasteiger partial charge is 0.392 e. The number of nitrogens with one attached hydrogen (secondary N) is 2. The highest BCUT2D eigenvalue weighted by Gasteiger charge is 2.44. The molecule has 30 heavy (non-hydrogen) atoms. The Kier molecular flexibility index (Phi) is 6.09. The summed E-state index contributed by atoms with van der Waals surface area (Å²) in [6.07, 6.45) is -2.82. The maximum Gasteiger partial charge on any atom is 0.416 e. The van der Waals surface area contributed by atoms with Gasteiger partial charge < -0.3 is 10.4 Å². The number of anilines is 1. The molecule has 0 aliphatic heterocycles. The second-order valence-electron chi connectivity index (χ2n) is 7.31. The number of carbonyl (C=O) groups excluding carboxylic acids is 1. The van der Waals surface area contributed by atoms with E-state index in [1.807, 2.05) is 0 Å². The minimum absolute atomic E-state index is 0.110. The van der Waals surface area contributed by atoms with Gasteiger partial charge in [0.2, 0.25) is 15.9 Å². The van der Waals surface area contributed by atoms with Gasteiger partial charge in [0.1, 0.15) is 0 Å². The van der Waals surface area contributed by atoms with Crippen molar-refractivity contribution in [2.24, 2.45) is 5.92 Å². The number of aliphatic hydroxyl groups is 1. The lowest BCUT2D eigenvalue weighted by atomic mass is 10.1. The highest BCUT2D eigenvalue weighted by Crippen LogP contribution is 2.48. The third-order valence-electron chi connectivity index (χ3n) is 4.90. The highest BCUT2D eigenvalue weighted by molar-refractivity contribution is 7.92. The van der Waals surface area contributed by atoms with Gasteiger partial charge in [0.05, 0.1) is 24.1 Å². The number of carbonyl (C=O) groups is 1. The quantitative estimate of drug-likeness (QED) is 0.614. The van der Waals surface area contributed by atoms with E-state index in [9.17, 15) is 31.5 Å². The lowest BCUT2D eigenvalue weighted by Gasteiger charge is -2.12.